The molecule has 0 fully saturated rings. The summed E-state index contributed by atoms with van der Waals surface area (Å²) >= 11 is 0. The summed E-state index contributed by atoms with van der Waals surface area (Å²) in [5, 5.41) is 2.72. The molecule has 3 nitrogen and oxygen atoms in total. The number of benzene rings is 1. The van der Waals surface area contributed by atoms with Crippen LogP contribution in [0.5, 0.6) is 0 Å². The van der Waals surface area contributed by atoms with Crippen LogP contribution in [0.4, 0.5) is 15.8 Å². The quantitative estimate of drug-likeness (QED) is 0.517. The maximum atomic E-state index is 12.9. The van der Waals surface area contributed by atoms with Gasteiger partial charge in [-0.3, -0.25) is 4.79 Å². The third kappa shape index (κ3) is 6.55. The van der Waals surface area contributed by atoms with Gasteiger partial charge in [-0.25, -0.2) is 4.39 Å². The third-order valence-corrected chi connectivity index (χ3v) is 3.30. The zero-order valence-electron chi connectivity index (χ0n) is 12.3. The maximum Gasteiger partial charge on any atom is 0.224 e. The summed E-state index contributed by atoms with van der Waals surface area (Å²) in [5.41, 5.74) is 6.39. The van der Waals surface area contributed by atoms with E-state index in [9.17, 15) is 9.18 Å². The standard InChI is InChI=1S/C16H25FN2O/c1-2-3-4-5-6-7-8-9-16(20)19-15-11-10-13(17)12-14(15)18/h10-12H,2-9,18H2,1H3,(H,19,20). The second-order valence-corrected chi connectivity index (χ2v) is 5.15. The van der Waals surface area contributed by atoms with Crippen molar-refractivity contribution >= 4 is 17.3 Å². The summed E-state index contributed by atoms with van der Waals surface area (Å²) in [6, 6.07) is 4.00. The van der Waals surface area contributed by atoms with Crippen molar-refractivity contribution in [1.82, 2.24) is 0 Å². The van der Waals surface area contributed by atoms with Gasteiger partial charge in [0.05, 0.1) is 11.4 Å². The third-order valence-electron chi connectivity index (χ3n) is 3.30. The molecule has 4 heteroatoms. The van der Waals surface area contributed by atoms with Gasteiger partial charge in [0.2, 0.25) is 5.91 Å². The van der Waals surface area contributed by atoms with Crippen LogP contribution < -0.4 is 11.1 Å². The number of rotatable bonds is 9. The lowest BCUT2D eigenvalue weighted by Gasteiger charge is -2.08. The average molecular weight is 280 g/mol. The van der Waals surface area contributed by atoms with E-state index < -0.39 is 5.82 Å². The molecular formula is C16H25FN2O. The van der Waals surface area contributed by atoms with E-state index in [1.807, 2.05) is 0 Å². The van der Waals surface area contributed by atoms with Gasteiger partial charge in [0, 0.05) is 6.42 Å². The molecule has 3 N–H and O–H groups in total. The van der Waals surface area contributed by atoms with Crippen LogP contribution >= 0.6 is 0 Å². The molecule has 1 amide bonds. The Morgan fingerprint density at radius 1 is 1.15 bits per heavy atom. The Morgan fingerprint density at radius 2 is 1.80 bits per heavy atom. The molecule has 0 saturated carbocycles. The Bertz CT molecular complexity index is 421. The molecule has 1 aromatic rings. The highest BCUT2D eigenvalue weighted by molar-refractivity contribution is 5.93. The molecule has 20 heavy (non-hydrogen) atoms. The molecule has 1 rings (SSSR count). The predicted octanol–water partition coefficient (Wildman–Crippen LogP) is 4.49. The molecule has 0 bridgehead atoms. The van der Waals surface area contributed by atoms with E-state index in [2.05, 4.69) is 12.2 Å². The van der Waals surface area contributed by atoms with E-state index in [4.69, 9.17) is 5.73 Å². The van der Waals surface area contributed by atoms with E-state index in [1.165, 1.54) is 50.3 Å². The van der Waals surface area contributed by atoms with Crippen molar-refractivity contribution in [3.05, 3.63) is 24.0 Å². The Labute approximate surface area is 120 Å². The summed E-state index contributed by atoms with van der Waals surface area (Å²) in [6.07, 6.45) is 8.73. The van der Waals surface area contributed by atoms with Gasteiger partial charge in [-0.15, -0.1) is 0 Å². The maximum absolute atomic E-state index is 12.9. The highest BCUT2D eigenvalue weighted by atomic mass is 19.1. The molecule has 0 aliphatic heterocycles. The van der Waals surface area contributed by atoms with Crippen molar-refractivity contribution in [3.8, 4) is 0 Å². The molecule has 0 aromatic heterocycles. The van der Waals surface area contributed by atoms with Crippen molar-refractivity contribution in [2.24, 2.45) is 0 Å². The van der Waals surface area contributed by atoms with E-state index in [-0.39, 0.29) is 11.6 Å². The first kappa shape index (κ1) is 16.5. The Hall–Kier alpha value is -1.58. The molecular weight excluding hydrogens is 255 g/mol. The van der Waals surface area contributed by atoms with Gasteiger partial charge in [-0.2, -0.15) is 0 Å². The fraction of sp³-hybridized carbons (Fsp3) is 0.562. The van der Waals surface area contributed by atoms with Gasteiger partial charge in [0.15, 0.2) is 0 Å². The van der Waals surface area contributed by atoms with Crippen LogP contribution in [0.3, 0.4) is 0 Å². The Morgan fingerprint density at radius 3 is 2.45 bits per heavy atom. The molecule has 0 heterocycles. The number of hydrogen-bond donors (Lipinski definition) is 2. The van der Waals surface area contributed by atoms with E-state index >= 15 is 0 Å². The van der Waals surface area contributed by atoms with Crippen molar-refractivity contribution in [1.29, 1.82) is 0 Å². The van der Waals surface area contributed by atoms with Crippen LogP contribution in [0, 0.1) is 5.82 Å². The van der Waals surface area contributed by atoms with Crippen molar-refractivity contribution in [3.63, 3.8) is 0 Å². The number of amides is 1. The normalized spacial score (nSPS) is 10.5. The lowest BCUT2D eigenvalue weighted by molar-refractivity contribution is -0.116. The lowest BCUT2D eigenvalue weighted by atomic mass is 10.1. The highest BCUT2D eigenvalue weighted by Crippen LogP contribution is 2.19. The number of nitrogens with one attached hydrogen (secondary N) is 1. The largest absolute Gasteiger partial charge is 0.397 e. The zero-order chi connectivity index (χ0) is 14.8. The van der Waals surface area contributed by atoms with Crippen molar-refractivity contribution in [2.75, 3.05) is 11.1 Å². The van der Waals surface area contributed by atoms with Crippen LogP contribution in [0.25, 0.3) is 0 Å². The monoisotopic (exact) mass is 280 g/mol. The van der Waals surface area contributed by atoms with Crippen LogP contribution in [0.1, 0.15) is 58.3 Å². The van der Waals surface area contributed by atoms with Crippen LogP contribution in [0.15, 0.2) is 18.2 Å². The second-order valence-electron chi connectivity index (χ2n) is 5.15. The number of carbonyl (C=O) groups excluding carboxylic acids is 1. The molecule has 0 aliphatic carbocycles. The molecule has 0 atom stereocenters. The zero-order valence-corrected chi connectivity index (χ0v) is 12.3. The topological polar surface area (TPSA) is 55.1 Å². The summed E-state index contributed by atoms with van der Waals surface area (Å²) in [6.45, 7) is 2.20. The number of nitrogen functional groups attached to an aromatic ring is 1. The van der Waals surface area contributed by atoms with Gasteiger partial charge < -0.3 is 11.1 Å². The molecule has 0 radical (unpaired) electrons. The van der Waals surface area contributed by atoms with E-state index in [0.717, 1.165) is 12.8 Å². The van der Waals surface area contributed by atoms with E-state index in [0.29, 0.717) is 12.1 Å². The second kappa shape index (κ2) is 9.34. The SMILES string of the molecule is CCCCCCCCCC(=O)Nc1ccc(F)cc1N. The van der Waals surface area contributed by atoms with Gasteiger partial charge in [-0.05, 0) is 24.6 Å². The van der Waals surface area contributed by atoms with Crippen molar-refractivity contribution < 1.29 is 9.18 Å². The summed E-state index contributed by atoms with van der Waals surface area (Å²) in [7, 11) is 0. The van der Waals surface area contributed by atoms with Gasteiger partial charge in [0.25, 0.3) is 0 Å². The summed E-state index contributed by atoms with van der Waals surface area (Å²) in [4.78, 5) is 11.7. The van der Waals surface area contributed by atoms with Gasteiger partial charge >= 0.3 is 0 Å². The van der Waals surface area contributed by atoms with Crippen molar-refractivity contribution in [2.45, 2.75) is 58.3 Å². The molecule has 1 aromatic carbocycles. The molecule has 0 saturated heterocycles. The minimum atomic E-state index is -0.396. The summed E-state index contributed by atoms with van der Waals surface area (Å²) < 4.78 is 12.9. The number of halogens is 1. The minimum Gasteiger partial charge on any atom is -0.397 e. The molecule has 0 unspecified atom stereocenters. The first-order chi connectivity index (χ1) is 9.63. The predicted molar refractivity (Wildman–Crippen MR) is 82.1 cm³/mol. The average Bonchev–Trinajstić information content (AvgIpc) is 2.41. The lowest BCUT2D eigenvalue weighted by Crippen LogP contribution is -2.12. The van der Waals surface area contributed by atoms with Crippen LogP contribution in [-0.4, -0.2) is 5.91 Å². The number of anilines is 2. The Kier molecular flexibility index (Phi) is 7.70. The Balaban J connectivity index is 2.17. The molecule has 0 aliphatic rings. The van der Waals surface area contributed by atoms with Crippen LogP contribution in [0.2, 0.25) is 0 Å². The summed E-state index contributed by atoms with van der Waals surface area (Å²) in [5.74, 6) is -0.454. The van der Waals surface area contributed by atoms with Crippen LogP contribution in [-0.2, 0) is 4.79 Å². The van der Waals surface area contributed by atoms with Gasteiger partial charge in [0.1, 0.15) is 5.82 Å². The molecule has 112 valence electrons. The number of hydrogen-bond acceptors (Lipinski definition) is 2. The van der Waals surface area contributed by atoms with E-state index in [1.54, 1.807) is 0 Å². The highest BCUT2D eigenvalue weighted by Gasteiger charge is 2.05. The number of unbranched alkanes of at least 4 members (excludes halogenated alkanes) is 6. The molecule has 0 spiro atoms. The smallest absolute Gasteiger partial charge is 0.224 e. The number of carbonyl (C=O) groups is 1. The minimum absolute atomic E-state index is 0.0585. The van der Waals surface area contributed by atoms with Gasteiger partial charge in [-0.1, -0.05) is 45.4 Å². The first-order valence-corrected chi connectivity index (χ1v) is 7.48. The first-order valence-electron chi connectivity index (χ1n) is 7.48. The fourth-order valence-electron chi connectivity index (χ4n) is 2.10. The fourth-order valence-corrected chi connectivity index (χ4v) is 2.10. The number of nitrogens with two attached hydrogens (primary N) is 1.